The number of halogens is 1. The topological polar surface area (TPSA) is 67.5 Å². The van der Waals surface area contributed by atoms with E-state index in [1.165, 1.54) is 0 Å². The van der Waals surface area contributed by atoms with Crippen LogP contribution in [0.3, 0.4) is 0 Å². The van der Waals surface area contributed by atoms with E-state index in [9.17, 15) is 9.59 Å². The van der Waals surface area contributed by atoms with Gasteiger partial charge in [-0.1, -0.05) is 0 Å². The number of furan rings is 1. The van der Waals surface area contributed by atoms with Crippen LogP contribution in [-0.4, -0.2) is 16.9 Å². The average Bonchev–Trinajstić information content (AvgIpc) is 2.45. The lowest BCUT2D eigenvalue weighted by molar-refractivity contribution is -0.141. The van der Waals surface area contributed by atoms with Crippen molar-refractivity contribution in [3.8, 4) is 0 Å². The fourth-order valence-electron chi connectivity index (χ4n) is 1.61. The second-order valence-electron chi connectivity index (χ2n) is 3.27. The standard InChI is InChI=1S/C9H7BrO4/c10-7-3-4-1-5(9(12)13)2-6(11)8(4)14-7/h3,5H,1-2H2,(H,12,13). The van der Waals surface area contributed by atoms with E-state index in [4.69, 9.17) is 9.52 Å². The van der Waals surface area contributed by atoms with E-state index in [-0.39, 0.29) is 12.2 Å². The summed E-state index contributed by atoms with van der Waals surface area (Å²) in [7, 11) is 0. The number of rotatable bonds is 1. The summed E-state index contributed by atoms with van der Waals surface area (Å²) in [5.74, 6) is -1.47. The van der Waals surface area contributed by atoms with Gasteiger partial charge in [0.1, 0.15) is 0 Å². The third-order valence-corrected chi connectivity index (χ3v) is 2.67. The number of carboxylic acids is 1. The summed E-state index contributed by atoms with van der Waals surface area (Å²) >= 11 is 3.11. The van der Waals surface area contributed by atoms with Crippen LogP contribution in [0.15, 0.2) is 15.2 Å². The lowest BCUT2D eigenvalue weighted by Crippen LogP contribution is -2.25. The Morgan fingerprint density at radius 1 is 1.57 bits per heavy atom. The minimum absolute atomic E-state index is 0.0300. The van der Waals surface area contributed by atoms with Crippen LogP contribution in [0.4, 0.5) is 0 Å². The van der Waals surface area contributed by atoms with E-state index >= 15 is 0 Å². The number of carbonyl (C=O) groups excluding carboxylic acids is 1. The molecule has 1 aliphatic carbocycles. The van der Waals surface area contributed by atoms with E-state index in [1.807, 2.05) is 0 Å². The Labute approximate surface area is 88.0 Å². The molecule has 0 amide bonds. The molecule has 0 radical (unpaired) electrons. The molecule has 1 aromatic rings. The van der Waals surface area contributed by atoms with Gasteiger partial charge in [0.25, 0.3) is 0 Å². The van der Waals surface area contributed by atoms with Crippen LogP contribution < -0.4 is 0 Å². The van der Waals surface area contributed by atoms with Gasteiger partial charge in [-0.15, -0.1) is 0 Å². The highest BCUT2D eigenvalue weighted by molar-refractivity contribution is 9.10. The first kappa shape index (κ1) is 9.45. The number of hydrogen-bond donors (Lipinski definition) is 1. The fraction of sp³-hybridized carbons (Fsp3) is 0.333. The zero-order chi connectivity index (χ0) is 10.3. The second kappa shape index (κ2) is 3.24. The summed E-state index contributed by atoms with van der Waals surface area (Å²) in [6, 6.07) is 1.66. The lowest BCUT2D eigenvalue weighted by atomic mass is 9.87. The van der Waals surface area contributed by atoms with Gasteiger partial charge in [0.15, 0.2) is 16.2 Å². The van der Waals surface area contributed by atoms with Gasteiger partial charge >= 0.3 is 5.97 Å². The molecule has 74 valence electrons. The van der Waals surface area contributed by atoms with Gasteiger partial charge in [0.05, 0.1) is 5.92 Å². The number of aliphatic carboxylic acids is 1. The van der Waals surface area contributed by atoms with Crippen LogP contribution in [-0.2, 0) is 11.2 Å². The molecule has 0 saturated carbocycles. The van der Waals surface area contributed by atoms with Crippen molar-refractivity contribution in [2.75, 3.05) is 0 Å². The monoisotopic (exact) mass is 258 g/mol. The summed E-state index contributed by atoms with van der Waals surface area (Å²) in [4.78, 5) is 22.2. The second-order valence-corrected chi connectivity index (χ2v) is 4.05. The molecule has 0 aliphatic heterocycles. The zero-order valence-corrected chi connectivity index (χ0v) is 8.70. The molecule has 1 aromatic heterocycles. The highest BCUT2D eigenvalue weighted by atomic mass is 79.9. The predicted octanol–water partition coefficient (Wildman–Crippen LogP) is 1.87. The minimum Gasteiger partial charge on any atom is -0.481 e. The molecule has 5 heteroatoms. The van der Waals surface area contributed by atoms with Crippen molar-refractivity contribution in [2.45, 2.75) is 12.8 Å². The number of carbonyl (C=O) groups is 2. The zero-order valence-electron chi connectivity index (χ0n) is 7.12. The van der Waals surface area contributed by atoms with Crippen molar-refractivity contribution in [1.29, 1.82) is 0 Å². The summed E-state index contributed by atoms with van der Waals surface area (Å²) in [6.45, 7) is 0. The van der Waals surface area contributed by atoms with Gasteiger partial charge in [0, 0.05) is 12.0 Å². The van der Waals surface area contributed by atoms with Gasteiger partial charge in [-0.2, -0.15) is 0 Å². The largest absolute Gasteiger partial charge is 0.481 e. The smallest absolute Gasteiger partial charge is 0.307 e. The number of Topliss-reactive ketones (excluding diaryl/α,β-unsaturated/α-hetero) is 1. The highest BCUT2D eigenvalue weighted by Crippen LogP contribution is 2.30. The molecule has 0 spiro atoms. The highest BCUT2D eigenvalue weighted by Gasteiger charge is 2.32. The van der Waals surface area contributed by atoms with Crippen LogP contribution >= 0.6 is 15.9 Å². The quantitative estimate of drug-likeness (QED) is 0.835. The molecule has 1 heterocycles. The Morgan fingerprint density at radius 2 is 2.29 bits per heavy atom. The average molecular weight is 259 g/mol. The lowest BCUT2D eigenvalue weighted by Gasteiger charge is -2.15. The molecule has 1 aliphatic rings. The summed E-state index contributed by atoms with van der Waals surface area (Å²) in [5, 5.41) is 8.79. The van der Waals surface area contributed by atoms with Crippen LogP contribution in [0, 0.1) is 5.92 Å². The van der Waals surface area contributed by atoms with Crippen LogP contribution in [0.2, 0.25) is 0 Å². The molecule has 0 saturated heterocycles. The predicted molar refractivity (Wildman–Crippen MR) is 50.2 cm³/mol. The molecule has 0 bridgehead atoms. The number of hydrogen-bond acceptors (Lipinski definition) is 3. The van der Waals surface area contributed by atoms with Gasteiger partial charge in [-0.3, -0.25) is 9.59 Å². The number of carboxylic acid groups (broad SMARTS) is 1. The van der Waals surface area contributed by atoms with Gasteiger partial charge < -0.3 is 9.52 Å². The Balaban J connectivity index is 2.37. The maximum atomic E-state index is 11.4. The normalized spacial score (nSPS) is 20.6. The third-order valence-electron chi connectivity index (χ3n) is 2.28. The SMILES string of the molecule is O=C1CC(C(=O)O)Cc2cc(Br)oc21. The van der Waals surface area contributed by atoms with Crippen LogP contribution in [0.5, 0.6) is 0 Å². The first-order valence-corrected chi connectivity index (χ1v) is 4.91. The number of ketones is 1. The van der Waals surface area contributed by atoms with Crippen molar-refractivity contribution >= 4 is 27.7 Å². The van der Waals surface area contributed by atoms with Crippen molar-refractivity contribution in [3.05, 3.63) is 22.1 Å². The Kier molecular flexibility index (Phi) is 2.19. The van der Waals surface area contributed by atoms with Gasteiger partial charge in [-0.25, -0.2) is 0 Å². The van der Waals surface area contributed by atoms with E-state index in [1.54, 1.807) is 6.07 Å². The van der Waals surface area contributed by atoms with Crippen molar-refractivity contribution in [3.63, 3.8) is 0 Å². The van der Waals surface area contributed by atoms with E-state index in [0.717, 1.165) is 0 Å². The van der Waals surface area contributed by atoms with Crippen LogP contribution in [0.1, 0.15) is 22.5 Å². The molecule has 0 fully saturated rings. The fourth-order valence-corrected chi connectivity index (χ4v) is 2.05. The molecule has 2 rings (SSSR count). The summed E-state index contributed by atoms with van der Waals surface area (Å²) in [5.41, 5.74) is 0.681. The Hall–Kier alpha value is -1.10. The van der Waals surface area contributed by atoms with Crippen molar-refractivity contribution < 1.29 is 19.1 Å². The first-order chi connectivity index (χ1) is 6.58. The van der Waals surface area contributed by atoms with Crippen LogP contribution in [0.25, 0.3) is 0 Å². The van der Waals surface area contributed by atoms with E-state index in [0.29, 0.717) is 22.4 Å². The van der Waals surface area contributed by atoms with Crippen molar-refractivity contribution in [1.82, 2.24) is 0 Å². The summed E-state index contributed by atoms with van der Waals surface area (Å²) < 4.78 is 5.59. The minimum atomic E-state index is -0.929. The molecule has 14 heavy (non-hydrogen) atoms. The molecule has 1 unspecified atom stereocenters. The van der Waals surface area contributed by atoms with E-state index < -0.39 is 11.9 Å². The third kappa shape index (κ3) is 1.48. The number of fused-ring (bicyclic) bond motifs is 1. The Morgan fingerprint density at radius 3 is 2.93 bits per heavy atom. The molecule has 1 N–H and O–H groups in total. The molecule has 1 atom stereocenters. The van der Waals surface area contributed by atoms with E-state index in [2.05, 4.69) is 15.9 Å². The Bertz CT molecular complexity index is 407. The van der Waals surface area contributed by atoms with Crippen molar-refractivity contribution in [2.24, 2.45) is 5.92 Å². The summed E-state index contributed by atoms with van der Waals surface area (Å²) in [6.07, 6.45) is 0.397. The molecular weight excluding hydrogens is 252 g/mol. The van der Waals surface area contributed by atoms with Gasteiger partial charge in [-0.05, 0) is 28.4 Å². The molecular formula is C9H7BrO4. The molecule has 0 aromatic carbocycles. The first-order valence-electron chi connectivity index (χ1n) is 4.12. The maximum Gasteiger partial charge on any atom is 0.307 e. The van der Waals surface area contributed by atoms with Gasteiger partial charge in [0.2, 0.25) is 0 Å². The maximum absolute atomic E-state index is 11.4. The molecule has 4 nitrogen and oxygen atoms in total.